The molecule has 1 aromatic carbocycles. The van der Waals surface area contributed by atoms with Crippen LogP contribution in [-0.2, 0) is 0 Å². The molecule has 0 saturated heterocycles. The number of aromatic nitrogens is 1. The van der Waals surface area contributed by atoms with E-state index in [1.165, 1.54) is 11.8 Å². The van der Waals surface area contributed by atoms with Gasteiger partial charge in [-0.25, -0.2) is 4.98 Å². The number of ether oxygens (including phenoxy) is 1. The van der Waals surface area contributed by atoms with E-state index in [1.807, 2.05) is 31.2 Å². The normalized spacial score (nSPS) is 16.1. The van der Waals surface area contributed by atoms with Crippen LogP contribution in [0.15, 0.2) is 36.5 Å². The van der Waals surface area contributed by atoms with Gasteiger partial charge in [0.1, 0.15) is 6.10 Å². The Hall–Kier alpha value is -3.11. The van der Waals surface area contributed by atoms with E-state index < -0.39 is 0 Å². The van der Waals surface area contributed by atoms with Crippen molar-refractivity contribution in [3.63, 3.8) is 0 Å². The standard InChI is InChI=1S/C21H25N5O2/c1-3-24-20(27)17-8-19-21(26-11-17)28-18(13-25-19)12-23-10-14(2)16-6-4-15(9-22)5-7-16/h4-8,11,14,18,23,25H,3,10,12-13H2,1-2H3,(H,24,27). The van der Waals surface area contributed by atoms with Gasteiger partial charge in [-0.05, 0) is 36.6 Å². The molecular formula is C21H25N5O2. The minimum Gasteiger partial charge on any atom is -0.470 e. The highest BCUT2D eigenvalue weighted by Gasteiger charge is 2.21. The lowest BCUT2D eigenvalue weighted by molar-refractivity contribution is 0.0955. The lowest BCUT2D eigenvalue weighted by Gasteiger charge is -2.27. The van der Waals surface area contributed by atoms with Gasteiger partial charge in [-0.15, -0.1) is 0 Å². The Morgan fingerprint density at radius 3 is 2.93 bits per heavy atom. The SMILES string of the molecule is CCNC(=O)c1cnc2c(c1)NCC(CNCC(C)c1ccc(C#N)cc1)O2. The lowest BCUT2D eigenvalue weighted by atomic mass is 10.00. The van der Waals surface area contributed by atoms with Crippen molar-refractivity contribution in [3.8, 4) is 11.9 Å². The molecule has 7 nitrogen and oxygen atoms in total. The number of hydrogen-bond donors (Lipinski definition) is 3. The molecule has 0 bridgehead atoms. The minimum atomic E-state index is -0.139. The summed E-state index contributed by atoms with van der Waals surface area (Å²) in [4.78, 5) is 16.2. The number of anilines is 1. The van der Waals surface area contributed by atoms with Crippen LogP contribution in [0.2, 0.25) is 0 Å². The molecule has 7 heteroatoms. The second-order valence-electron chi connectivity index (χ2n) is 6.85. The van der Waals surface area contributed by atoms with E-state index in [9.17, 15) is 4.79 Å². The molecule has 1 aromatic heterocycles. The Bertz CT molecular complexity index is 860. The number of amides is 1. The van der Waals surface area contributed by atoms with Crippen molar-refractivity contribution in [2.75, 3.05) is 31.5 Å². The van der Waals surface area contributed by atoms with Crippen molar-refractivity contribution >= 4 is 11.6 Å². The highest BCUT2D eigenvalue weighted by molar-refractivity contribution is 5.95. The summed E-state index contributed by atoms with van der Waals surface area (Å²) in [5, 5.41) is 18.4. The molecule has 2 heterocycles. The van der Waals surface area contributed by atoms with Crippen LogP contribution >= 0.6 is 0 Å². The van der Waals surface area contributed by atoms with Crippen LogP contribution in [0, 0.1) is 11.3 Å². The smallest absolute Gasteiger partial charge is 0.252 e. The summed E-state index contributed by atoms with van der Waals surface area (Å²) < 4.78 is 5.94. The van der Waals surface area contributed by atoms with E-state index in [2.05, 4.69) is 33.9 Å². The average Bonchev–Trinajstić information content (AvgIpc) is 2.73. The Morgan fingerprint density at radius 2 is 2.21 bits per heavy atom. The predicted octanol–water partition coefficient (Wildman–Crippen LogP) is 2.27. The van der Waals surface area contributed by atoms with Crippen LogP contribution in [0.25, 0.3) is 0 Å². The molecule has 0 aliphatic carbocycles. The monoisotopic (exact) mass is 379 g/mol. The first-order valence-corrected chi connectivity index (χ1v) is 9.50. The first kappa shape index (κ1) is 19.6. The maximum Gasteiger partial charge on any atom is 0.252 e. The molecule has 0 saturated carbocycles. The molecule has 1 amide bonds. The Morgan fingerprint density at radius 1 is 1.43 bits per heavy atom. The summed E-state index contributed by atoms with van der Waals surface area (Å²) in [5.74, 6) is 0.709. The molecular weight excluding hydrogens is 354 g/mol. The molecule has 3 N–H and O–H groups in total. The first-order chi connectivity index (χ1) is 13.6. The van der Waals surface area contributed by atoms with Gasteiger partial charge in [0.2, 0.25) is 5.88 Å². The molecule has 2 atom stereocenters. The number of carbonyl (C=O) groups is 1. The number of nitrogens with zero attached hydrogens (tertiary/aromatic N) is 2. The zero-order chi connectivity index (χ0) is 19.9. The van der Waals surface area contributed by atoms with Crippen LogP contribution in [0.5, 0.6) is 5.88 Å². The van der Waals surface area contributed by atoms with Gasteiger partial charge in [-0.1, -0.05) is 19.1 Å². The fourth-order valence-corrected chi connectivity index (χ4v) is 3.06. The lowest BCUT2D eigenvalue weighted by Crippen LogP contribution is -2.40. The van der Waals surface area contributed by atoms with Crippen LogP contribution < -0.4 is 20.7 Å². The number of nitrogens with one attached hydrogen (secondary N) is 3. The number of hydrogen-bond acceptors (Lipinski definition) is 6. The van der Waals surface area contributed by atoms with Gasteiger partial charge in [-0.2, -0.15) is 5.26 Å². The molecule has 0 fully saturated rings. The van der Waals surface area contributed by atoms with Gasteiger partial charge < -0.3 is 20.7 Å². The largest absolute Gasteiger partial charge is 0.470 e. The van der Waals surface area contributed by atoms with E-state index >= 15 is 0 Å². The van der Waals surface area contributed by atoms with Crippen LogP contribution in [0.1, 0.15) is 41.3 Å². The number of benzene rings is 1. The Labute approximate surface area is 165 Å². The molecule has 2 aromatic rings. The quantitative estimate of drug-likeness (QED) is 0.683. The van der Waals surface area contributed by atoms with Crippen molar-refractivity contribution < 1.29 is 9.53 Å². The van der Waals surface area contributed by atoms with Gasteiger partial charge in [0.05, 0.1) is 29.4 Å². The van der Waals surface area contributed by atoms with Crippen molar-refractivity contribution in [1.82, 2.24) is 15.6 Å². The summed E-state index contributed by atoms with van der Waals surface area (Å²) in [6.07, 6.45) is 1.50. The second-order valence-corrected chi connectivity index (χ2v) is 6.85. The van der Waals surface area contributed by atoms with Gasteiger partial charge in [0.25, 0.3) is 5.91 Å². The summed E-state index contributed by atoms with van der Waals surface area (Å²) in [6.45, 7) is 6.74. The third-order valence-electron chi connectivity index (χ3n) is 4.68. The maximum absolute atomic E-state index is 11.9. The molecule has 0 radical (unpaired) electrons. The molecule has 0 spiro atoms. The number of fused-ring (bicyclic) bond motifs is 1. The zero-order valence-electron chi connectivity index (χ0n) is 16.2. The number of pyridine rings is 1. The van der Waals surface area contributed by atoms with E-state index in [-0.39, 0.29) is 12.0 Å². The third-order valence-corrected chi connectivity index (χ3v) is 4.68. The summed E-state index contributed by atoms with van der Waals surface area (Å²) >= 11 is 0. The summed E-state index contributed by atoms with van der Waals surface area (Å²) in [5.41, 5.74) is 3.13. The Kier molecular flexibility index (Phi) is 6.45. The topological polar surface area (TPSA) is 99.1 Å². The second kappa shape index (κ2) is 9.20. The number of rotatable bonds is 7. The van der Waals surface area contributed by atoms with Crippen molar-refractivity contribution in [2.45, 2.75) is 25.9 Å². The van der Waals surface area contributed by atoms with E-state index in [4.69, 9.17) is 10.00 Å². The highest BCUT2D eigenvalue weighted by Crippen LogP contribution is 2.27. The molecule has 3 rings (SSSR count). The van der Waals surface area contributed by atoms with Crippen LogP contribution in [-0.4, -0.2) is 43.2 Å². The molecule has 28 heavy (non-hydrogen) atoms. The fourth-order valence-electron chi connectivity index (χ4n) is 3.06. The first-order valence-electron chi connectivity index (χ1n) is 9.50. The van der Waals surface area contributed by atoms with Crippen molar-refractivity contribution in [1.29, 1.82) is 5.26 Å². The molecule has 1 aliphatic rings. The average molecular weight is 379 g/mol. The van der Waals surface area contributed by atoms with E-state index in [0.29, 0.717) is 42.6 Å². The maximum atomic E-state index is 11.9. The van der Waals surface area contributed by atoms with Gasteiger partial charge in [0.15, 0.2) is 0 Å². The highest BCUT2D eigenvalue weighted by atomic mass is 16.5. The minimum absolute atomic E-state index is 0.0384. The van der Waals surface area contributed by atoms with Crippen molar-refractivity contribution in [2.24, 2.45) is 0 Å². The molecule has 146 valence electrons. The summed E-state index contributed by atoms with van der Waals surface area (Å²) in [7, 11) is 0. The van der Waals surface area contributed by atoms with Crippen molar-refractivity contribution in [3.05, 3.63) is 53.2 Å². The van der Waals surface area contributed by atoms with Crippen LogP contribution in [0.3, 0.4) is 0 Å². The number of nitriles is 1. The van der Waals surface area contributed by atoms with Gasteiger partial charge >= 0.3 is 0 Å². The van der Waals surface area contributed by atoms with Gasteiger partial charge in [0, 0.05) is 25.8 Å². The van der Waals surface area contributed by atoms with E-state index in [0.717, 1.165) is 12.2 Å². The molecule has 2 unspecified atom stereocenters. The number of carbonyl (C=O) groups excluding carboxylic acids is 1. The Balaban J connectivity index is 1.49. The zero-order valence-corrected chi connectivity index (χ0v) is 16.2. The van der Waals surface area contributed by atoms with Crippen LogP contribution in [0.4, 0.5) is 5.69 Å². The third kappa shape index (κ3) is 4.78. The predicted molar refractivity (Wildman–Crippen MR) is 108 cm³/mol. The van der Waals surface area contributed by atoms with E-state index in [1.54, 1.807) is 6.07 Å². The molecule has 1 aliphatic heterocycles. The fraction of sp³-hybridized carbons (Fsp3) is 0.381. The summed E-state index contributed by atoms with van der Waals surface area (Å²) in [6, 6.07) is 11.6. The van der Waals surface area contributed by atoms with Gasteiger partial charge in [-0.3, -0.25) is 4.79 Å².